The Labute approximate surface area is 140 Å². The second-order valence-corrected chi connectivity index (χ2v) is 5.69. The third-order valence-corrected chi connectivity index (χ3v) is 3.84. The largest absolute Gasteiger partial charge is 0.490 e. The highest BCUT2D eigenvalue weighted by molar-refractivity contribution is 5.89. The third-order valence-electron chi connectivity index (χ3n) is 3.84. The first-order chi connectivity index (χ1) is 11.6. The maximum Gasteiger partial charge on any atom is 0.319 e. The Kier molecular flexibility index (Phi) is 4.84. The fourth-order valence-electron chi connectivity index (χ4n) is 2.63. The number of ether oxygens (including phenoxy) is 1. The molecule has 0 spiro atoms. The molecule has 1 aliphatic heterocycles. The highest BCUT2D eigenvalue weighted by Crippen LogP contribution is 2.31. The number of halogens is 1. The molecule has 1 aliphatic rings. The molecule has 2 aromatic rings. The molecule has 6 heteroatoms. The van der Waals surface area contributed by atoms with E-state index in [-0.39, 0.29) is 11.8 Å². The number of nitrogens with one attached hydrogen (secondary N) is 2. The molecule has 5 nitrogen and oxygen atoms in total. The van der Waals surface area contributed by atoms with Crippen molar-refractivity contribution in [2.45, 2.75) is 6.92 Å². The Balaban J connectivity index is 1.50. The van der Waals surface area contributed by atoms with Crippen molar-refractivity contribution in [3.05, 3.63) is 53.8 Å². The summed E-state index contributed by atoms with van der Waals surface area (Å²) in [7, 11) is 0. The summed E-state index contributed by atoms with van der Waals surface area (Å²) >= 11 is 0. The highest BCUT2D eigenvalue weighted by atomic mass is 19.1. The zero-order valence-electron chi connectivity index (χ0n) is 13.5. The minimum atomic E-state index is -0.331. The minimum absolute atomic E-state index is 0.306. The average Bonchev–Trinajstić information content (AvgIpc) is 2.57. The van der Waals surface area contributed by atoms with Gasteiger partial charge in [0.25, 0.3) is 0 Å². The lowest BCUT2D eigenvalue weighted by molar-refractivity contribution is 0.252. The molecule has 0 radical (unpaired) electrons. The highest BCUT2D eigenvalue weighted by Gasteiger charge is 2.17. The van der Waals surface area contributed by atoms with E-state index in [0.717, 1.165) is 23.5 Å². The third kappa shape index (κ3) is 3.95. The average molecular weight is 329 g/mol. The minimum Gasteiger partial charge on any atom is -0.490 e. The zero-order chi connectivity index (χ0) is 16.9. The van der Waals surface area contributed by atoms with E-state index in [1.165, 1.54) is 24.3 Å². The fourth-order valence-corrected chi connectivity index (χ4v) is 2.63. The molecule has 0 unspecified atom stereocenters. The van der Waals surface area contributed by atoms with Crippen molar-refractivity contribution in [1.82, 2.24) is 5.32 Å². The molecule has 3 rings (SSSR count). The number of rotatable bonds is 4. The van der Waals surface area contributed by atoms with Crippen LogP contribution in [0.3, 0.4) is 0 Å². The summed E-state index contributed by atoms with van der Waals surface area (Å²) in [5.74, 6) is 0.555. The lowest BCUT2D eigenvalue weighted by Crippen LogP contribution is -2.40. The smallest absolute Gasteiger partial charge is 0.319 e. The van der Waals surface area contributed by atoms with E-state index in [4.69, 9.17) is 4.74 Å². The van der Waals surface area contributed by atoms with Gasteiger partial charge in [0, 0.05) is 18.8 Å². The van der Waals surface area contributed by atoms with E-state index in [1.807, 2.05) is 19.1 Å². The van der Waals surface area contributed by atoms with Gasteiger partial charge in [-0.05, 0) is 48.9 Å². The maximum atomic E-state index is 12.8. The van der Waals surface area contributed by atoms with E-state index in [9.17, 15) is 9.18 Å². The van der Waals surface area contributed by atoms with Gasteiger partial charge >= 0.3 is 6.03 Å². The zero-order valence-corrected chi connectivity index (χ0v) is 13.5. The van der Waals surface area contributed by atoms with Crippen molar-refractivity contribution in [1.29, 1.82) is 0 Å². The number of urea groups is 1. The monoisotopic (exact) mass is 329 g/mol. The van der Waals surface area contributed by atoms with Crippen molar-refractivity contribution < 1.29 is 13.9 Å². The normalized spacial score (nSPS) is 13.0. The summed E-state index contributed by atoms with van der Waals surface area (Å²) in [5, 5.41) is 5.48. The molecule has 0 saturated carbocycles. The first-order valence-corrected chi connectivity index (χ1v) is 7.90. The molecule has 2 aromatic carbocycles. The van der Waals surface area contributed by atoms with Gasteiger partial charge in [-0.3, -0.25) is 0 Å². The van der Waals surface area contributed by atoms with Gasteiger partial charge in [0.2, 0.25) is 0 Å². The molecule has 126 valence electrons. The molecule has 0 aliphatic carbocycles. The van der Waals surface area contributed by atoms with Crippen molar-refractivity contribution in [3.8, 4) is 5.75 Å². The van der Waals surface area contributed by atoms with E-state index < -0.39 is 0 Å². The summed E-state index contributed by atoms with van der Waals surface area (Å²) in [6, 6.07) is 11.5. The van der Waals surface area contributed by atoms with Gasteiger partial charge in [0.15, 0.2) is 0 Å². The summed E-state index contributed by atoms with van der Waals surface area (Å²) in [6.45, 7) is 4.65. The molecule has 2 amide bonds. The van der Waals surface area contributed by atoms with Crippen LogP contribution < -0.4 is 20.3 Å². The quantitative estimate of drug-likeness (QED) is 0.906. The van der Waals surface area contributed by atoms with E-state index >= 15 is 0 Å². The van der Waals surface area contributed by atoms with Crippen molar-refractivity contribution in [2.24, 2.45) is 0 Å². The molecular formula is C18H20FN3O2. The van der Waals surface area contributed by atoms with Gasteiger partial charge in [0.1, 0.15) is 18.2 Å². The van der Waals surface area contributed by atoms with E-state index in [1.54, 1.807) is 0 Å². The lowest BCUT2D eigenvalue weighted by atomic mass is 10.1. The van der Waals surface area contributed by atoms with Crippen LogP contribution >= 0.6 is 0 Å². The molecule has 2 N–H and O–H groups in total. The first kappa shape index (κ1) is 16.1. The van der Waals surface area contributed by atoms with Gasteiger partial charge in [-0.15, -0.1) is 0 Å². The Bertz CT molecular complexity index is 719. The van der Waals surface area contributed by atoms with Crippen LogP contribution in [0.2, 0.25) is 0 Å². The Morgan fingerprint density at radius 3 is 2.83 bits per heavy atom. The van der Waals surface area contributed by atoms with Gasteiger partial charge in [-0.25, -0.2) is 9.18 Å². The van der Waals surface area contributed by atoms with Crippen molar-refractivity contribution in [3.63, 3.8) is 0 Å². The summed E-state index contributed by atoms with van der Waals surface area (Å²) < 4.78 is 18.5. The predicted molar refractivity (Wildman–Crippen MR) is 92.3 cm³/mol. The van der Waals surface area contributed by atoms with Crippen molar-refractivity contribution >= 4 is 17.4 Å². The SMILES string of the molecule is Cc1ccc2c(c1)OCCN2CCNC(=O)Nc1ccc(F)cc1. The number of fused-ring (bicyclic) bond motifs is 1. The number of nitrogens with zero attached hydrogens (tertiary/aromatic N) is 1. The van der Waals surface area contributed by atoms with Gasteiger partial charge in [-0.1, -0.05) is 6.07 Å². The van der Waals surface area contributed by atoms with Crippen LogP contribution in [0.5, 0.6) is 5.75 Å². The molecule has 0 bridgehead atoms. The summed E-state index contributed by atoms with van der Waals surface area (Å²) in [4.78, 5) is 14.1. The van der Waals surface area contributed by atoms with Crippen LogP contribution in [0.4, 0.5) is 20.6 Å². The van der Waals surface area contributed by atoms with E-state index in [2.05, 4.69) is 21.6 Å². The number of benzene rings is 2. The van der Waals surface area contributed by atoms with Crippen LogP contribution in [0.1, 0.15) is 5.56 Å². The van der Waals surface area contributed by atoms with Crippen LogP contribution in [0.15, 0.2) is 42.5 Å². The number of hydrogen-bond donors (Lipinski definition) is 2. The molecule has 0 saturated heterocycles. The molecular weight excluding hydrogens is 309 g/mol. The Morgan fingerprint density at radius 1 is 1.25 bits per heavy atom. The van der Waals surface area contributed by atoms with Crippen LogP contribution in [-0.4, -0.2) is 32.3 Å². The molecule has 0 fully saturated rings. The Morgan fingerprint density at radius 2 is 2.04 bits per heavy atom. The predicted octanol–water partition coefficient (Wildman–Crippen LogP) is 3.15. The van der Waals surface area contributed by atoms with Crippen LogP contribution in [0.25, 0.3) is 0 Å². The number of anilines is 2. The summed E-state index contributed by atoms with van der Waals surface area (Å²) in [5.41, 5.74) is 2.76. The summed E-state index contributed by atoms with van der Waals surface area (Å²) in [6.07, 6.45) is 0. The topological polar surface area (TPSA) is 53.6 Å². The second kappa shape index (κ2) is 7.21. The molecule has 0 atom stereocenters. The van der Waals surface area contributed by atoms with Crippen molar-refractivity contribution in [2.75, 3.05) is 36.5 Å². The maximum absolute atomic E-state index is 12.8. The van der Waals surface area contributed by atoms with Gasteiger partial charge in [-0.2, -0.15) is 0 Å². The standard InChI is InChI=1S/C18H20FN3O2/c1-13-2-7-16-17(12-13)24-11-10-22(16)9-8-20-18(23)21-15-5-3-14(19)4-6-15/h2-7,12H,8-11H2,1H3,(H2,20,21,23). The number of hydrogen-bond acceptors (Lipinski definition) is 3. The Hall–Kier alpha value is -2.76. The van der Waals surface area contributed by atoms with Gasteiger partial charge < -0.3 is 20.3 Å². The lowest BCUT2D eigenvalue weighted by Gasteiger charge is -2.31. The molecule has 1 heterocycles. The fraction of sp³-hybridized carbons (Fsp3) is 0.278. The van der Waals surface area contributed by atoms with E-state index in [0.29, 0.717) is 25.4 Å². The number of carbonyl (C=O) groups excluding carboxylic acids is 1. The number of aryl methyl sites for hydroxylation is 1. The van der Waals surface area contributed by atoms with Crippen LogP contribution in [-0.2, 0) is 0 Å². The first-order valence-electron chi connectivity index (χ1n) is 7.90. The molecule has 24 heavy (non-hydrogen) atoms. The second-order valence-electron chi connectivity index (χ2n) is 5.69. The molecule has 0 aromatic heterocycles. The number of amides is 2. The number of carbonyl (C=O) groups is 1. The van der Waals surface area contributed by atoms with Gasteiger partial charge in [0.05, 0.1) is 12.2 Å². The van der Waals surface area contributed by atoms with Crippen LogP contribution in [0, 0.1) is 12.7 Å².